The number of benzene rings is 6. The number of nitrogens with zero attached hydrogens (tertiary/aromatic N) is 3. The van der Waals surface area contributed by atoms with E-state index in [9.17, 15) is 5.11 Å². The Morgan fingerprint density at radius 2 is 1.18 bits per heavy atom. The molecule has 0 aliphatic heterocycles. The van der Waals surface area contributed by atoms with Gasteiger partial charge in [0, 0.05) is 41.3 Å². The van der Waals surface area contributed by atoms with E-state index in [1.807, 2.05) is 52.1 Å². The average molecular weight is 1070 g/mol. The van der Waals surface area contributed by atoms with Crippen molar-refractivity contribution in [1.29, 1.82) is 0 Å². The van der Waals surface area contributed by atoms with Gasteiger partial charge in [0.15, 0.2) is 0 Å². The van der Waals surface area contributed by atoms with Gasteiger partial charge in [-0.1, -0.05) is 187 Å². The summed E-state index contributed by atoms with van der Waals surface area (Å²) in [6.07, 6.45) is 1.86. The molecule has 0 unspecified atom stereocenters. The number of hydrogen-bond donors (Lipinski definition) is 1. The molecule has 5 heteroatoms. The predicted octanol–water partition coefficient (Wildman–Crippen LogP) is 17.3. The van der Waals surface area contributed by atoms with Crippen LogP contribution in [-0.4, -0.2) is 19.6 Å². The minimum absolute atomic E-state index is 0. The summed E-state index contributed by atoms with van der Waals surface area (Å²) in [5.74, 6) is -0.361. The van der Waals surface area contributed by atoms with Gasteiger partial charge in [0.2, 0.25) is 0 Å². The summed E-state index contributed by atoms with van der Waals surface area (Å²) in [5.41, 5.74) is 16.9. The molecule has 6 aromatic carbocycles. The van der Waals surface area contributed by atoms with Gasteiger partial charge in [0.25, 0.3) is 0 Å². The smallest absolute Gasteiger partial charge is 0.148 e. The number of aromatic hydroxyl groups is 1. The number of aromatic nitrogens is 3. The fraction of sp³-hybridized carbons (Fsp3) is 0.323. The third-order valence-electron chi connectivity index (χ3n) is 13.1. The zero-order valence-corrected chi connectivity index (χ0v) is 44.2. The minimum atomic E-state index is -0.842. The van der Waals surface area contributed by atoms with E-state index in [1.165, 1.54) is 5.56 Å². The van der Waals surface area contributed by atoms with E-state index in [-0.39, 0.29) is 49.5 Å². The van der Waals surface area contributed by atoms with E-state index in [1.54, 1.807) is 0 Å². The van der Waals surface area contributed by atoms with Crippen LogP contribution in [-0.2, 0) is 31.9 Å². The van der Waals surface area contributed by atoms with Gasteiger partial charge in [0.1, 0.15) is 11.6 Å². The molecule has 4 nitrogen and oxygen atoms in total. The van der Waals surface area contributed by atoms with Crippen LogP contribution in [0.4, 0.5) is 0 Å². The zero-order chi connectivity index (χ0) is 49.2. The molecule has 8 rings (SSSR count). The molecule has 0 bridgehead atoms. The summed E-state index contributed by atoms with van der Waals surface area (Å²) >= 11 is 0. The van der Waals surface area contributed by atoms with Crippen LogP contribution in [0.3, 0.4) is 0 Å². The number of rotatable bonds is 10. The maximum absolute atomic E-state index is 12.4. The summed E-state index contributed by atoms with van der Waals surface area (Å²) in [6.45, 7) is 29.7. The van der Waals surface area contributed by atoms with Crippen molar-refractivity contribution in [2.75, 3.05) is 0 Å². The molecule has 0 spiro atoms. The molecule has 0 amide bonds. The first-order chi connectivity index (χ1) is 31.8. The van der Waals surface area contributed by atoms with Crippen LogP contribution < -0.4 is 0 Å². The van der Waals surface area contributed by atoms with Gasteiger partial charge in [-0.15, -0.1) is 29.3 Å². The Kier molecular flexibility index (Phi) is 13.3. The van der Waals surface area contributed by atoms with Gasteiger partial charge in [-0.25, -0.2) is 4.98 Å². The predicted molar refractivity (Wildman–Crippen MR) is 280 cm³/mol. The maximum Gasteiger partial charge on any atom is 0.148 e. The number of para-hydroxylation sites is 1. The van der Waals surface area contributed by atoms with Crippen molar-refractivity contribution >= 4 is 11.0 Å². The Hall–Kier alpha value is -5.57. The van der Waals surface area contributed by atoms with Crippen molar-refractivity contribution in [2.45, 2.75) is 131 Å². The molecule has 0 atom stereocenters. The molecular formula is C62H68N3OPt-. The van der Waals surface area contributed by atoms with E-state index < -0.39 is 11.8 Å². The standard InChI is InChI=1S/C62H68N3O.Pt/c1-37(2)41-18-20-42(21-19-41)45-28-29-63-55(36-45)48-30-47(31-50(32-48)62(12,13)14)51-16-15-17-57-58(51)64-60(54-35-46(39(5)6)34-52(40(7)8)59(54)66)65(57)56-27-24-44(38(3)4)33-53(56)43-22-25-49(26-23-43)61(9,10)11;/h15-29,31-40,66H,1-14H3;/q-1;/i37D,38D;. The molecule has 348 valence electrons. The van der Waals surface area contributed by atoms with Crippen molar-refractivity contribution in [3.63, 3.8) is 0 Å². The molecule has 0 saturated heterocycles. The Bertz CT molecular complexity index is 3150. The van der Waals surface area contributed by atoms with E-state index in [2.05, 4.69) is 183 Å². The van der Waals surface area contributed by atoms with Crippen molar-refractivity contribution in [3.05, 3.63) is 167 Å². The van der Waals surface area contributed by atoms with Crippen molar-refractivity contribution in [1.82, 2.24) is 14.5 Å². The van der Waals surface area contributed by atoms with Gasteiger partial charge in [-0.05, 0) is 109 Å². The summed E-state index contributed by atoms with van der Waals surface area (Å²) in [5, 5.41) is 12.4. The molecule has 0 radical (unpaired) electrons. The Morgan fingerprint density at radius 3 is 1.79 bits per heavy atom. The van der Waals surface area contributed by atoms with Crippen LogP contribution in [0.2, 0.25) is 0 Å². The quantitative estimate of drug-likeness (QED) is 0.139. The average Bonchev–Trinajstić information content (AvgIpc) is 3.67. The summed E-state index contributed by atoms with van der Waals surface area (Å²) in [7, 11) is 0. The van der Waals surface area contributed by atoms with Crippen LogP contribution in [0, 0.1) is 6.07 Å². The fourth-order valence-corrected chi connectivity index (χ4v) is 8.83. The third-order valence-corrected chi connectivity index (χ3v) is 13.1. The van der Waals surface area contributed by atoms with E-state index in [4.69, 9.17) is 12.7 Å². The molecule has 0 fully saturated rings. The van der Waals surface area contributed by atoms with E-state index >= 15 is 0 Å². The SMILES string of the molecule is [2H]C(C)(C)c1ccc(-c2ccnc(-c3[c-]c(-c4cccc5c4nc(-c4cc(C(C)C)cc(C(C)C)c4O)n5-c4ccc(C([2H])(C)C)cc4-c4ccc(C(C)(C)C)cc4)cc(C(C)(C)C)c3)c2)cc1.[Pt]. The van der Waals surface area contributed by atoms with Crippen LogP contribution in [0.25, 0.3) is 72.7 Å². The van der Waals surface area contributed by atoms with E-state index in [0.717, 1.165) is 89.2 Å². The Morgan fingerprint density at radius 1 is 0.567 bits per heavy atom. The normalized spacial score (nSPS) is 13.0. The van der Waals surface area contributed by atoms with Crippen LogP contribution >= 0.6 is 0 Å². The van der Waals surface area contributed by atoms with Crippen molar-refractivity contribution in [3.8, 4) is 67.5 Å². The van der Waals surface area contributed by atoms with E-state index in [0.29, 0.717) is 11.4 Å². The second-order valence-electron chi connectivity index (χ2n) is 21.3. The minimum Gasteiger partial charge on any atom is -0.507 e. The first-order valence-corrected chi connectivity index (χ1v) is 23.6. The van der Waals surface area contributed by atoms with Gasteiger partial charge in [-0.3, -0.25) is 9.55 Å². The topological polar surface area (TPSA) is 50.9 Å². The molecule has 1 N–H and O–H groups in total. The number of fused-ring (bicyclic) bond motifs is 1. The largest absolute Gasteiger partial charge is 0.507 e. The van der Waals surface area contributed by atoms with Crippen molar-refractivity contribution < 1.29 is 28.9 Å². The number of hydrogen-bond acceptors (Lipinski definition) is 3. The van der Waals surface area contributed by atoms with Crippen LogP contribution in [0.15, 0.2) is 128 Å². The molecule has 2 heterocycles. The van der Waals surface area contributed by atoms with Gasteiger partial charge >= 0.3 is 0 Å². The number of phenolic OH excluding ortho intramolecular Hbond substituents is 1. The summed E-state index contributed by atoms with van der Waals surface area (Å²) < 4.78 is 19.9. The summed E-state index contributed by atoms with van der Waals surface area (Å²) in [6, 6.07) is 46.5. The van der Waals surface area contributed by atoms with Gasteiger partial charge < -0.3 is 5.11 Å². The monoisotopic (exact) mass is 1070 g/mol. The first-order valence-electron chi connectivity index (χ1n) is 24.6. The number of imidazole rings is 1. The number of phenols is 1. The first kappa shape index (κ1) is 46.5. The zero-order valence-electron chi connectivity index (χ0n) is 43.9. The molecule has 0 aliphatic rings. The molecule has 2 aromatic heterocycles. The van der Waals surface area contributed by atoms with Crippen molar-refractivity contribution in [2.24, 2.45) is 0 Å². The Balaban J connectivity index is 0.00000703. The second kappa shape index (κ2) is 19.2. The summed E-state index contributed by atoms with van der Waals surface area (Å²) in [4.78, 5) is 10.6. The van der Waals surface area contributed by atoms with Gasteiger partial charge in [0.05, 0.1) is 22.3 Å². The third kappa shape index (κ3) is 10.0. The molecule has 0 aliphatic carbocycles. The fourth-order valence-electron chi connectivity index (χ4n) is 8.83. The Labute approximate surface area is 418 Å². The molecular weight excluding hydrogens is 998 g/mol. The second-order valence-corrected chi connectivity index (χ2v) is 21.3. The molecule has 8 aromatic rings. The molecule has 67 heavy (non-hydrogen) atoms. The number of pyridine rings is 1. The maximum atomic E-state index is 12.4. The van der Waals surface area contributed by atoms with Crippen LogP contribution in [0.1, 0.15) is 157 Å². The van der Waals surface area contributed by atoms with Gasteiger partial charge in [-0.2, -0.15) is 0 Å². The van der Waals surface area contributed by atoms with Crippen LogP contribution in [0.5, 0.6) is 5.75 Å². The molecule has 0 saturated carbocycles.